The van der Waals surface area contributed by atoms with Crippen LogP contribution in [0.25, 0.3) is 0 Å². The summed E-state index contributed by atoms with van der Waals surface area (Å²) in [4.78, 5) is 34.8. The average molecular weight is 292 g/mol. The van der Waals surface area contributed by atoms with Crippen LogP contribution < -0.4 is 0 Å². The van der Waals surface area contributed by atoms with Crippen LogP contribution in [0.15, 0.2) is 24.3 Å². The molecule has 0 atom stereocenters. The van der Waals surface area contributed by atoms with Gasteiger partial charge in [-0.2, -0.15) is 0 Å². The number of hydrogen-bond donors (Lipinski definition) is 1. The lowest BCUT2D eigenvalue weighted by atomic mass is 9.96. The summed E-state index contributed by atoms with van der Waals surface area (Å²) >= 11 is 0. The SMILES string of the molecule is O=C(O)C1CCN(C(=O)Cc2cccc([N+](=O)[O-])c2)CC1. The summed E-state index contributed by atoms with van der Waals surface area (Å²) in [5.74, 6) is -1.33. The van der Waals surface area contributed by atoms with Crippen molar-refractivity contribution in [3.63, 3.8) is 0 Å². The Morgan fingerprint density at radius 1 is 1.33 bits per heavy atom. The van der Waals surface area contributed by atoms with Gasteiger partial charge in [0.15, 0.2) is 0 Å². The van der Waals surface area contributed by atoms with Gasteiger partial charge in [-0.05, 0) is 18.4 Å². The Hall–Kier alpha value is -2.44. The highest BCUT2D eigenvalue weighted by Gasteiger charge is 2.26. The first-order valence-electron chi connectivity index (χ1n) is 6.71. The van der Waals surface area contributed by atoms with Crippen molar-refractivity contribution in [2.24, 2.45) is 5.92 Å². The van der Waals surface area contributed by atoms with Crippen molar-refractivity contribution in [1.29, 1.82) is 0 Å². The van der Waals surface area contributed by atoms with Gasteiger partial charge in [-0.15, -0.1) is 0 Å². The van der Waals surface area contributed by atoms with Crippen molar-refractivity contribution >= 4 is 17.6 Å². The van der Waals surface area contributed by atoms with E-state index in [0.717, 1.165) is 0 Å². The molecule has 7 nitrogen and oxygen atoms in total. The van der Waals surface area contributed by atoms with Gasteiger partial charge in [0, 0.05) is 25.2 Å². The van der Waals surface area contributed by atoms with Crippen molar-refractivity contribution in [2.75, 3.05) is 13.1 Å². The van der Waals surface area contributed by atoms with Gasteiger partial charge in [-0.3, -0.25) is 19.7 Å². The minimum Gasteiger partial charge on any atom is -0.481 e. The number of amides is 1. The van der Waals surface area contributed by atoms with Crippen LogP contribution in [0.3, 0.4) is 0 Å². The zero-order valence-electron chi connectivity index (χ0n) is 11.4. The van der Waals surface area contributed by atoms with E-state index in [4.69, 9.17) is 5.11 Å². The van der Waals surface area contributed by atoms with E-state index in [2.05, 4.69) is 0 Å². The first-order chi connectivity index (χ1) is 9.97. The topological polar surface area (TPSA) is 101 Å². The molecule has 0 unspecified atom stereocenters. The van der Waals surface area contributed by atoms with Gasteiger partial charge in [0.05, 0.1) is 17.3 Å². The fraction of sp³-hybridized carbons (Fsp3) is 0.429. The van der Waals surface area contributed by atoms with E-state index < -0.39 is 10.9 Å². The number of carbonyl (C=O) groups excluding carboxylic acids is 1. The lowest BCUT2D eigenvalue weighted by Crippen LogP contribution is -2.40. The molecular weight excluding hydrogens is 276 g/mol. The minimum atomic E-state index is -0.819. The largest absolute Gasteiger partial charge is 0.481 e. The van der Waals surface area contributed by atoms with E-state index in [-0.39, 0.29) is 23.9 Å². The second-order valence-corrected chi connectivity index (χ2v) is 5.10. The van der Waals surface area contributed by atoms with Gasteiger partial charge in [-0.1, -0.05) is 12.1 Å². The summed E-state index contributed by atoms with van der Waals surface area (Å²) in [5.41, 5.74) is 0.555. The van der Waals surface area contributed by atoms with E-state index in [1.165, 1.54) is 12.1 Å². The molecule has 0 aliphatic carbocycles. The smallest absolute Gasteiger partial charge is 0.306 e. The molecule has 1 aromatic rings. The maximum Gasteiger partial charge on any atom is 0.306 e. The molecule has 0 spiro atoms. The van der Waals surface area contributed by atoms with Crippen LogP contribution in [0, 0.1) is 16.0 Å². The normalized spacial score (nSPS) is 15.7. The lowest BCUT2D eigenvalue weighted by molar-refractivity contribution is -0.384. The molecule has 21 heavy (non-hydrogen) atoms. The van der Waals surface area contributed by atoms with Crippen molar-refractivity contribution < 1.29 is 19.6 Å². The first kappa shape index (κ1) is 15.0. The van der Waals surface area contributed by atoms with Gasteiger partial charge >= 0.3 is 5.97 Å². The molecule has 1 heterocycles. The molecule has 2 rings (SSSR count). The number of nitrogens with zero attached hydrogens (tertiary/aromatic N) is 2. The fourth-order valence-corrected chi connectivity index (χ4v) is 2.44. The molecule has 1 amide bonds. The highest BCUT2D eigenvalue weighted by atomic mass is 16.6. The summed E-state index contributed by atoms with van der Waals surface area (Å²) in [5, 5.41) is 19.6. The number of benzene rings is 1. The summed E-state index contributed by atoms with van der Waals surface area (Å²) in [6, 6.07) is 6.00. The van der Waals surface area contributed by atoms with Crippen LogP contribution in [0.1, 0.15) is 18.4 Å². The van der Waals surface area contributed by atoms with E-state index in [0.29, 0.717) is 31.5 Å². The third kappa shape index (κ3) is 3.77. The minimum absolute atomic E-state index is 0.0371. The van der Waals surface area contributed by atoms with Gasteiger partial charge in [0.2, 0.25) is 5.91 Å². The number of piperidine rings is 1. The second kappa shape index (κ2) is 6.34. The number of hydrogen-bond acceptors (Lipinski definition) is 4. The number of carboxylic acids is 1. The Labute approximate surface area is 121 Å². The molecule has 0 aromatic heterocycles. The van der Waals surface area contributed by atoms with Crippen LogP contribution in [0.4, 0.5) is 5.69 Å². The van der Waals surface area contributed by atoms with Crippen LogP contribution in [0.2, 0.25) is 0 Å². The molecule has 7 heteroatoms. The lowest BCUT2D eigenvalue weighted by Gasteiger charge is -2.30. The number of likely N-dealkylation sites (tertiary alicyclic amines) is 1. The van der Waals surface area contributed by atoms with Gasteiger partial charge in [0.1, 0.15) is 0 Å². The molecule has 1 aliphatic heterocycles. The van der Waals surface area contributed by atoms with E-state index >= 15 is 0 Å². The van der Waals surface area contributed by atoms with Crippen molar-refractivity contribution in [2.45, 2.75) is 19.3 Å². The quantitative estimate of drug-likeness (QED) is 0.668. The Balaban J connectivity index is 1.95. The van der Waals surface area contributed by atoms with Crippen LogP contribution in [-0.2, 0) is 16.0 Å². The third-order valence-corrected chi connectivity index (χ3v) is 3.67. The molecule has 0 bridgehead atoms. The summed E-state index contributed by atoms with van der Waals surface area (Å²) in [7, 11) is 0. The van der Waals surface area contributed by atoms with E-state index in [9.17, 15) is 19.7 Å². The third-order valence-electron chi connectivity index (χ3n) is 3.67. The monoisotopic (exact) mass is 292 g/mol. The Morgan fingerprint density at radius 3 is 2.57 bits per heavy atom. The molecule has 1 aromatic carbocycles. The number of nitro groups is 1. The fourth-order valence-electron chi connectivity index (χ4n) is 2.44. The number of carbonyl (C=O) groups is 2. The highest BCUT2D eigenvalue weighted by molar-refractivity contribution is 5.79. The summed E-state index contributed by atoms with van der Waals surface area (Å²) in [6.45, 7) is 0.843. The predicted molar refractivity (Wildman–Crippen MR) is 73.7 cm³/mol. The first-order valence-corrected chi connectivity index (χ1v) is 6.71. The zero-order valence-corrected chi connectivity index (χ0v) is 11.4. The number of carboxylic acid groups (broad SMARTS) is 1. The van der Waals surface area contributed by atoms with E-state index in [1.54, 1.807) is 17.0 Å². The van der Waals surface area contributed by atoms with Gasteiger partial charge < -0.3 is 10.0 Å². The Bertz CT molecular complexity index is 564. The van der Waals surface area contributed by atoms with Gasteiger partial charge in [0.25, 0.3) is 5.69 Å². The summed E-state index contributed by atoms with van der Waals surface area (Å²) in [6.07, 6.45) is 1.01. The van der Waals surface area contributed by atoms with Crippen LogP contribution in [-0.4, -0.2) is 39.9 Å². The number of nitro benzene ring substituents is 1. The highest BCUT2D eigenvalue weighted by Crippen LogP contribution is 2.19. The zero-order chi connectivity index (χ0) is 15.4. The molecule has 1 fully saturated rings. The molecule has 0 saturated carbocycles. The standard InChI is InChI=1S/C14H16N2O5/c17-13(15-6-4-11(5-7-15)14(18)19)9-10-2-1-3-12(8-10)16(20)21/h1-3,8,11H,4-7,9H2,(H,18,19). The number of non-ortho nitro benzene ring substituents is 1. The maximum atomic E-state index is 12.1. The summed E-state index contributed by atoms with van der Waals surface area (Å²) < 4.78 is 0. The molecular formula is C14H16N2O5. The molecule has 1 aliphatic rings. The van der Waals surface area contributed by atoms with Gasteiger partial charge in [-0.25, -0.2) is 0 Å². The van der Waals surface area contributed by atoms with Crippen LogP contribution in [0.5, 0.6) is 0 Å². The number of aliphatic carboxylic acids is 1. The van der Waals surface area contributed by atoms with Crippen LogP contribution >= 0.6 is 0 Å². The van der Waals surface area contributed by atoms with Crippen molar-refractivity contribution in [3.8, 4) is 0 Å². The Morgan fingerprint density at radius 2 is 2.00 bits per heavy atom. The molecule has 112 valence electrons. The molecule has 1 N–H and O–H groups in total. The van der Waals surface area contributed by atoms with Crippen molar-refractivity contribution in [1.82, 2.24) is 4.90 Å². The average Bonchev–Trinajstić information content (AvgIpc) is 2.47. The molecule has 0 radical (unpaired) electrons. The van der Waals surface area contributed by atoms with E-state index in [1.807, 2.05) is 0 Å². The maximum absolute atomic E-state index is 12.1. The predicted octanol–water partition coefficient (Wildman–Crippen LogP) is 1.46. The second-order valence-electron chi connectivity index (χ2n) is 5.10. The number of rotatable bonds is 4. The Kier molecular flexibility index (Phi) is 4.52. The van der Waals surface area contributed by atoms with Crippen molar-refractivity contribution in [3.05, 3.63) is 39.9 Å². The molecule has 1 saturated heterocycles.